The van der Waals surface area contributed by atoms with Crippen LogP contribution >= 0.6 is 0 Å². The summed E-state index contributed by atoms with van der Waals surface area (Å²) in [6.45, 7) is 13.2. The van der Waals surface area contributed by atoms with E-state index in [0.717, 1.165) is 69.8 Å². The summed E-state index contributed by atoms with van der Waals surface area (Å²) in [7, 11) is 1.67. The number of hydrogen-bond donors (Lipinski definition) is 2. The van der Waals surface area contributed by atoms with Crippen LogP contribution in [0.5, 0.6) is 0 Å². The molecular formula is C20H37N7O2. The normalized spacial score (nSPS) is 23.3. The number of fused-ring (bicyclic) bond motifs is 1. The first-order chi connectivity index (χ1) is 14.1. The molecular weight excluding hydrogens is 370 g/mol. The Bertz CT molecular complexity index is 661. The molecule has 0 amide bonds. The lowest BCUT2D eigenvalue weighted by atomic mass is 10.1. The van der Waals surface area contributed by atoms with Gasteiger partial charge in [-0.15, -0.1) is 0 Å². The van der Waals surface area contributed by atoms with Crippen molar-refractivity contribution in [1.82, 2.24) is 30.3 Å². The van der Waals surface area contributed by atoms with Crippen LogP contribution in [0.4, 0.5) is 0 Å². The van der Waals surface area contributed by atoms with E-state index >= 15 is 0 Å². The lowest BCUT2D eigenvalue weighted by molar-refractivity contribution is -0.0262. The number of aliphatic imine (C=N–C) groups is 1. The van der Waals surface area contributed by atoms with Crippen LogP contribution in [0.15, 0.2) is 4.99 Å². The van der Waals surface area contributed by atoms with E-state index < -0.39 is 0 Å². The largest absolute Gasteiger partial charge is 0.377 e. The van der Waals surface area contributed by atoms with Crippen molar-refractivity contribution in [3.05, 3.63) is 11.6 Å². The van der Waals surface area contributed by atoms with E-state index in [4.69, 9.17) is 14.5 Å². The zero-order valence-electron chi connectivity index (χ0n) is 18.4. The molecule has 1 saturated heterocycles. The first kappa shape index (κ1) is 22.0. The summed E-state index contributed by atoms with van der Waals surface area (Å²) >= 11 is 0. The van der Waals surface area contributed by atoms with Gasteiger partial charge in [-0.25, -0.2) is 9.67 Å². The first-order valence-corrected chi connectivity index (χ1v) is 10.9. The Morgan fingerprint density at radius 2 is 2.24 bits per heavy atom. The molecule has 0 aliphatic carbocycles. The maximum atomic E-state index is 5.94. The summed E-state index contributed by atoms with van der Waals surface area (Å²) in [5.41, 5.74) is 0. The van der Waals surface area contributed by atoms with Crippen LogP contribution in [0.3, 0.4) is 0 Å². The number of ether oxygens (including phenoxy) is 2. The Labute approximate surface area is 174 Å². The summed E-state index contributed by atoms with van der Waals surface area (Å²) in [4.78, 5) is 11.8. The summed E-state index contributed by atoms with van der Waals surface area (Å²) in [6.07, 6.45) is 2.07. The van der Waals surface area contributed by atoms with Gasteiger partial charge in [0.1, 0.15) is 12.4 Å². The average Bonchev–Trinajstić information content (AvgIpc) is 3.08. The first-order valence-electron chi connectivity index (χ1n) is 10.9. The van der Waals surface area contributed by atoms with Crippen molar-refractivity contribution in [2.75, 3.05) is 46.4 Å². The molecule has 2 atom stereocenters. The number of aromatic nitrogens is 3. The second kappa shape index (κ2) is 10.9. The third-order valence-corrected chi connectivity index (χ3v) is 5.16. The molecule has 9 nitrogen and oxygen atoms in total. The smallest absolute Gasteiger partial charge is 0.191 e. The van der Waals surface area contributed by atoms with E-state index in [2.05, 4.69) is 46.4 Å². The van der Waals surface area contributed by atoms with Crippen LogP contribution in [0.2, 0.25) is 0 Å². The Balaban J connectivity index is 1.54. The van der Waals surface area contributed by atoms with Crippen LogP contribution < -0.4 is 10.6 Å². The molecule has 0 saturated carbocycles. The fourth-order valence-corrected chi connectivity index (χ4v) is 3.95. The topological polar surface area (TPSA) is 88.8 Å². The third kappa shape index (κ3) is 6.65. The van der Waals surface area contributed by atoms with Gasteiger partial charge < -0.3 is 20.1 Å². The minimum atomic E-state index is 0.155. The van der Waals surface area contributed by atoms with Gasteiger partial charge in [0, 0.05) is 45.8 Å². The summed E-state index contributed by atoms with van der Waals surface area (Å²) in [6, 6.07) is 0.280. The second-order valence-electron chi connectivity index (χ2n) is 8.31. The lowest BCUT2D eigenvalue weighted by Gasteiger charge is -2.33. The molecule has 1 aromatic rings. The number of rotatable bonds is 8. The van der Waals surface area contributed by atoms with Crippen molar-refractivity contribution in [2.45, 2.75) is 58.9 Å². The molecule has 2 unspecified atom stereocenters. The molecule has 9 heteroatoms. The summed E-state index contributed by atoms with van der Waals surface area (Å²) in [5.74, 6) is 3.32. The fourth-order valence-electron chi connectivity index (χ4n) is 3.95. The molecule has 0 radical (unpaired) electrons. The summed E-state index contributed by atoms with van der Waals surface area (Å²) in [5, 5.41) is 11.5. The quantitative estimate of drug-likeness (QED) is 0.483. The molecule has 1 fully saturated rings. The fraction of sp³-hybridized carbons (Fsp3) is 0.850. The number of nitrogens with one attached hydrogen (secondary N) is 2. The van der Waals surface area contributed by atoms with Crippen molar-refractivity contribution >= 4 is 5.96 Å². The van der Waals surface area contributed by atoms with Crippen LogP contribution in [0.1, 0.15) is 38.8 Å². The van der Waals surface area contributed by atoms with Gasteiger partial charge in [-0.3, -0.25) is 9.89 Å². The van der Waals surface area contributed by atoms with E-state index in [1.165, 1.54) is 0 Å². The monoisotopic (exact) mass is 407 g/mol. The van der Waals surface area contributed by atoms with Crippen molar-refractivity contribution < 1.29 is 9.47 Å². The van der Waals surface area contributed by atoms with Gasteiger partial charge in [0.25, 0.3) is 0 Å². The number of aryl methyl sites for hydroxylation is 1. The van der Waals surface area contributed by atoms with E-state index in [1.54, 1.807) is 7.11 Å². The Morgan fingerprint density at radius 1 is 1.38 bits per heavy atom. The van der Waals surface area contributed by atoms with Crippen molar-refractivity contribution in [3.63, 3.8) is 0 Å². The molecule has 0 spiro atoms. The Kier molecular flexibility index (Phi) is 8.26. The molecule has 3 rings (SSSR count). The number of nitrogens with zero attached hydrogens (tertiary/aromatic N) is 5. The average molecular weight is 408 g/mol. The standard InChI is InChI=1S/C20H37N7O2/c1-5-21-20(22-10-17-13-26(8-9-29-17)11-15(2)3)23-16-6-7-19-24-18(14-28-4)25-27(19)12-16/h15-17H,5-14H2,1-4H3,(H2,21,22,23). The number of methoxy groups -OCH3 is 1. The van der Waals surface area contributed by atoms with Gasteiger partial charge in [-0.1, -0.05) is 13.8 Å². The molecule has 0 bridgehead atoms. The van der Waals surface area contributed by atoms with Crippen molar-refractivity contribution in [3.8, 4) is 0 Å². The van der Waals surface area contributed by atoms with Gasteiger partial charge in [0.2, 0.25) is 0 Å². The molecule has 2 aliphatic rings. The molecule has 164 valence electrons. The highest BCUT2D eigenvalue weighted by atomic mass is 16.5. The van der Waals surface area contributed by atoms with E-state index in [-0.39, 0.29) is 12.1 Å². The third-order valence-electron chi connectivity index (χ3n) is 5.16. The number of morpholine rings is 1. The van der Waals surface area contributed by atoms with Crippen LogP contribution in [0, 0.1) is 5.92 Å². The number of hydrogen-bond acceptors (Lipinski definition) is 6. The Hall–Kier alpha value is -1.71. The summed E-state index contributed by atoms with van der Waals surface area (Å²) < 4.78 is 13.1. The van der Waals surface area contributed by atoms with E-state index in [0.29, 0.717) is 19.1 Å². The SMILES string of the molecule is CCNC(=NCC1CN(CC(C)C)CCO1)NC1CCc2nc(COC)nn2C1. The second-order valence-corrected chi connectivity index (χ2v) is 8.31. The van der Waals surface area contributed by atoms with Gasteiger partial charge in [-0.05, 0) is 19.3 Å². The molecule has 2 N–H and O–H groups in total. The zero-order chi connectivity index (χ0) is 20.6. The highest BCUT2D eigenvalue weighted by molar-refractivity contribution is 5.80. The lowest BCUT2D eigenvalue weighted by Crippen LogP contribution is -2.48. The highest BCUT2D eigenvalue weighted by Gasteiger charge is 2.23. The van der Waals surface area contributed by atoms with Crippen LogP contribution in [-0.4, -0.2) is 84.2 Å². The number of guanidine groups is 1. The highest BCUT2D eigenvalue weighted by Crippen LogP contribution is 2.14. The maximum absolute atomic E-state index is 5.94. The molecule has 0 aromatic carbocycles. The van der Waals surface area contributed by atoms with Crippen molar-refractivity contribution in [2.24, 2.45) is 10.9 Å². The van der Waals surface area contributed by atoms with E-state index in [9.17, 15) is 0 Å². The zero-order valence-corrected chi connectivity index (χ0v) is 18.4. The van der Waals surface area contributed by atoms with Gasteiger partial charge in [0.15, 0.2) is 11.8 Å². The molecule has 29 heavy (non-hydrogen) atoms. The van der Waals surface area contributed by atoms with Crippen LogP contribution in [0.25, 0.3) is 0 Å². The van der Waals surface area contributed by atoms with Gasteiger partial charge >= 0.3 is 0 Å². The minimum Gasteiger partial charge on any atom is -0.377 e. The van der Waals surface area contributed by atoms with Gasteiger partial charge in [0.05, 0.1) is 25.8 Å². The van der Waals surface area contributed by atoms with Gasteiger partial charge in [-0.2, -0.15) is 5.10 Å². The van der Waals surface area contributed by atoms with E-state index in [1.807, 2.05) is 4.68 Å². The molecule has 2 aliphatic heterocycles. The minimum absolute atomic E-state index is 0.155. The van der Waals surface area contributed by atoms with Crippen molar-refractivity contribution in [1.29, 1.82) is 0 Å². The maximum Gasteiger partial charge on any atom is 0.191 e. The van der Waals surface area contributed by atoms with Crippen LogP contribution in [-0.2, 0) is 29.0 Å². The predicted molar refractivity (Wildman–Crippen MR) is 113 cm³/mol. The molecule has 3 heterocycles. The Morgan fingerprint density at radius 3 is 3.00 bits per heavy atom. The molecule has 1 aromatic heterocycles. The predicted octanol–water partition coefficient (Wildman–Crippen LogP) is 0.651.